The van der Waals surface area contributed by atoms with Crippen LogP contribution >= 0.6 is 11.6 Å². The Hall–Kier alpha value is -2.05. The highest BCUT2D eigenvalue weighted by molar-refractivity contribution is 7.90. The molecule has 28 heavy (non-hydrogen) atoms. The molecule has 1 N–H and O–H groups in total. The molecule has 1 amide bonds. The van der Waals surface area contributed by atoms with E-state index in [2.05, 4.69) is 5.32 Å². The van der Waals surface area contributed by atoms with Gasteiger partial charge in [0.25, 0.3) is 5.91 Å². The van der Waals surface area contributed by atoms with Crippen molar-refractivity contribution in [2.75, 3.05) is 6.26 Å². The first-order chi connectivity index (χ1) is 13.0. The molecule has 0 aliphatic carbocycles. The molecule has 2 rings (SSSR count). The van der Waals surface area contributed by atoms with Crippen LogP contribution < -0.4 is 10.1 Å². The molecular formula is C21H26ClNO4S. The van der Waals surface area contributed by atoms with Crippen molar-refractivity contribution in [3.8, 4) is 5.75 Å². The predicted octanol–water partition coefficient (Wildman–Crippen LogP) is 4.40. The van der Waals surface area contributed by atoms with Crippen molar-refractivity contribution in [3.63, 3.8) is 0 Å². The second-order valence-electron chi connectivity index (χ2n) is 6.94. The molecule has 0 heterocycles. The van der Waals surface area contributed by atoms with E-state index in [0.29, 0.717) is 17.2 Å². The van der Waals surface area contributed by atoms with Gasteiger partial charge in [-0.25, -0.2) is 8.42 Å². The topological polar surface area (TPSA) is 72.5 Å². The minimum absolute atomic E-state index is 0.235. The third-order valence-corrected chi connectivity index (χ3v) is 6.25. The fourth-order valence-corrected chi connectivity index (χ4v) is 3.63. The normalized spacial score (nSPS) is 13.6. The van der Waals surface area contributed by atoms with Gasteiger partial charge >= 0.3 is 0 Å². The Kier molecular flexibility index (Phi) is 7.12. The van der Waals surface area contributed by atoms with E-state index < -0.39 is 15.9 Å². The molecule has 0 radical (unpaired) electrons. The summed E-state index contributed by atoms with van der Waals surface area (Å²) in [5.41, 5.74) is 2.62. The van der Waals surface area contributed by atoms with Crippen molar-refractivity contribution in [1.82, 2.24) is 5.32 Å². The van der Waals surface area contributed by atoms with E-state index in [4.69, 9.17) is 16.3 Å². The highest BCUT2D eigenvalue weighted by Gasteiger charge is 2.20. The number of rotatable bonds is 7. The Morgan fingerprint density at radius 1 is 1.14 bits per heavy atom. The highest BCUT2D eigenvalue weighted by atomic mass is 35.5. The summed E-state index contributed by atoms with van der Waals surface area (Å²) in [6, 6.07) is 9.93. The molecule has 0 bridgehead atoms. The third-order valence-electron chi connectivity index (χ3n) is 4.53. The van der Waals surface area contributed by atoms with Gasteiger partial charge in [0.1, 0.15) is 5.75 Å². The van der Waals surface area contributed by atoms with Crippen LogP contribution in [0, 0.1) is 13.8 Å². The van der Waals surface area contributed by atoms with Gasteiger partial charge in [0.15, 0.2) is 15.9 Å². The number of halogens is 1. The van der Waals surface area contributed by atoms with Gasteiger partial charge in [-0.2, -0.15) is 0 Å². The van der Waals surface area contributed by atoms with E-state index >= 15 is 0 Å². The monoisotopic (exact) mass is 423 g/mol. The maximum atomic E-state index is 12.6. The highest BCUT2D eigenvalue weighted by Crippen LogP contribution is 2.26. The summed E-state index contributed by atoms with van der Waals surface area (Å²) in [7, 11) is -3.25. The minimum atomic E-state index is -3.25. The van der Waals surface area contributed by atoms with E-state index in [9.17, 15) is 13.2 Å². The molecule has 0 spiro atoms. The smallest absolute Gasteiger partial charge is 0.261 e. The summed E-state index contributed by atoms with van der Waals surface area (Å²) in [6.07, 6.45) is 1.14. The fraction of sp³-hybridized carbons (Fsp3) is 0.381. The summed E-state index contributed by atoms with van der Waals surface area (Å²) in [5.74, 6) is 0.344. The quantitative estimate of drug-likeness (QED) is 0.716. The van der Waals surface area contributed by atoms with Gasteiger partial charge in [0.05, 0.1) is 10.9 Å². The molecule has 0 fully saturated rings. The minimum Gasteiger partial charge on any atom is -0.481 e. The number of nitrogens with one attached hydrogen (secondary N) is 1. The van der Waals surface area contributed by atoms with Crippen molar-refractivity contribution in [2.24, 2.45) is 0 Å². The molecule has 5 nitrogen and oxygen atoms in total. The summed E-state index contributed by atoms with van der Waals surface area (Å²) >= 11 is 6.17. The molecular weight excluding hydrogens is 398 g/mol. The van der Waals surface area contributed by atoms with E-state index in [0.717, 1.165) is 16.7 Å². The lowest BCUT2D eigenvalue weighted by Crippen LogP contribution is -2.38. The Labute approximate surface area is 172 Å². The average molecular weight is 424 g/mol. The lowest BCUT2D eigenvalue weighted by molar-refractivity contribution is -0.128. The zero-order chi connectivity index (χ0) is 21.1. The molecule has 152 valence electrons. The Balaban J connectivity index is 2.09. The van der Waals surface area contributed by atoms with Crippen molar-refractivity contribution < 1.29 is 17.9 Å². The van der Waals surface area contributed by atoms with E-state index in [1.54, 1.807) is 43.3 Å². The largest absolute Gasteiger partial charge is 0.481 e. The maximum Gasteiger partial charge on any atom is 0.261 e. The Bertz CT molecular complexity index is 932. The van der Waals surface area contributed by atoms with Crippen LogP contribution in [-0.4, -0.2) is 26.7 Å². The molecule has 0 saturated carbocycles. The van der Waals surface area contributed by atoms with Crippen molar-refractivity contribution in [2.45, 2.75) is 51.2 Å². The van der Waals surface area contributed by atoms with Crippen LogP contribution in [0.15, 0.2) is 41.3 Å². The molecule has 7 heteroatoms. The van der Waals surface area contributed by atoms with Crippen LogP contribution in [0.3, 0.4) is 0 Å². The summed E-state index contributed by atoms with van der Waals surface area (Å²) < 4.78 is 29.0. The van der Waals surface area contributed by atoms with E-state index in [1.165, 1.54) is 6.26 Å². The van der Waals surface area contributed by atoms with Crippen LogP contribution in [0.1, 0.15) is 43.0 Å². The number of hydrogen-bond donors (Lipinski definition) is 1. The number of carbonyl (C=O) groups is 1. The van der Waals surface area contributed by atoms with Gasteiger partial charge in [-0.1, -0.05) is 30.7 Å². The molecule has 0 aromatic heterocycles. The van der Waals surface area contributed by atoms with Crippen LogP contribution in [0.25, 0.3) is 0 Å². The fourth-order valence-electron chi connectivity index (χ4n) is 2.89. The zero-order valence-corrected chi connectivity index (χ0v) is 18.3. The molecule has 2 aromatic rings. The number of amides is 1. The molecule has 0 aliphatic heterocycles. The Morgan fingerprint density at radius 2 is 1.68 bits per heavy atom. The summed E-state index contributed by atoms with van der Waals surface area (Å²) in [5, 5.41) is 3.65. The first-order valence-corrected chi connectivity index (χ1v) is 11.3. The summed E-state index contributed by atoms with van der Waals surface area (Å²) in [4.78, 5) is 12.8. The maximum absolute atomic E-state index is 12.6. The number of aryl methyl sites for hydroxylation is 2. The Morgan fingerprint density at radius 3 is 2.14 bits per heavy atom. The van der Waals surface area contributed by atoms with E-state index in [-0.39, 0.29) is 16.8 Å². The molecule has 0 aliphatic rings. The zero-order valence-electron chi connectivity index (χ0n) is 16.7. The second kappa shape index (κ2) is 8.97. The first kappa shape index (κ1) is 22.2. The van der Waals surface area contributed by atoms with Crippen molar-refractivity contribution >= 4 is 27.3 Å². The lowest BCUT2D eigenvalue weighted by atomic mass is 10.0. The predicted molar refractivity (Wildman–Crippen MR) is 112 cm³/mol. The summed E-state index contributed by atoms with van der Waals surface area (Å²) in [6.45, 7) is 7.42. The number of benzene rings is 2. The van der Waals surface area contributed by atoms with Gasteiger partial charge in [0, 0.05) is 11.3 Å². The molecule has 2 aromatic carbocycles. The van der Waals surface area contributed by atoms with Crippen molar-refractivity contribution in [1.29, 1.82) is 0 Å². The van der Waals surface area contributed by atoms with Gasteiger partial charge in [0.2, 0.25) is 0 Å². The molecule has 2 atom stereocenters. The van der Waals surface area contributed by atoms with Gasteiger partial charge in [-0.3, -0.25) is 4.79 Å². The molecule has 2 unspecified atom stereocenters. The van der Waals surface area contributed by atoms with Crippen LogP contribution in [-0.2, 0) is 14.6 Å². The van der Waals surface area contributed by atoms with Crippen LogP contribution in [0.4, 0.5) is 0 Å². The first-order valence-electron chi connectivity index (χ1n) is 9.06. The number of sulfone groups is 1. The van der Waals surface area contributed by atoms with Gasteiger partial charge < -0.3 is 10.1 Å². The van der Waals surface area contributed by atoms with E-state index in [1.807, 2.05) is 20.8 Å². The van der Waals surface area contributed by atoms with Crippen molar-refractivity contribution in [3.05, 3.63) is 58.1 Å². The van der Waals surface area contributed by atoms with Crippen LogP contribution in [0.2, 0.25) is 5.02 Å². The van der Waals surface area contributed by atoms with Crippen LogP contribution in [0.5, 0.6) is 5.75 Å². The number of carbonyl (C=O) groups excluding carboxylic acids is 1. The average Bonchev–Trinajstić information content (AvgIpc) is 2.63. The second-order valence-corrected chi connectivity index (χ2v) is 9.34. The third kappa shape index (κ3) is 5.49. The standard InChI is InChI=1S/C21H26ClNO4S/c1-6-19(16-7-9-18(10-8-16)28(5,25)26)23-21(24)15(4)27-17-11-13(2)20(22)14(3)12-17/h7-12,15,19H,6H2,1-5H3,(H,23,24). The lowest BCUT2D eigenvalue weighted by Gasteiger charge is -2.21. The SMILES string of the molecule is CCC(NC(=O)C(C)Oc1cc(C)c(Cl)c(C)c1)c1ccc(S(C)(=O)=O)cc1. The molecule has 0 saturated heterocycles. The number of hydrogen-bond acceptors (Lipinski definition) is 4. The van der Waals surface area contributed by atoms with Gasteiger partial charge in [-0.15, -0.1) is 0 Å². The van der Waals surface area contributed by atoms with Gasteiger partial charge in [-0.05, 0) is 68.1 Å². The number of ether oxygens (including phenoxy) is 1.